The first-order valence-corrected chi connectivity index (χ1v) is 10.3. The number of ether oxygens (including phenoxy) is 2. The third kappa shape index (κ3) is 6.63. The van der Waals surface area contributed by atoms with E-state index in [0.717, 1.165) is 58.1 Å². The zero-order valence-corrected chi connectivity index (χ0v) is 15.7. The number of unbranched alkanes of at least 4 members (excludes halogenated alkanes) is 3. The average Bonchev–Trinajstić information content (AvgIpc) is 2.96. The van der Waals surface area contributed by atoms with Crippen LogP contribution in [-0.4, -0.2) is 54.3 Å². The van der Waals surface area contributed by atoms with Crippen molar-refractivity contribution in [3.63, 3.8) is 0 Å². The van der Waals surface area contributed by atoms with Gasteiger partial charge in [-0.25, -0.2) is 0 Å². The van der Waals surface area contributed by atoms with E-state index in [2.05, 4.69) is 9.64 Å². The lowest BCUT2D eigenvalue weighted by Crippen LogP contribution is -2.36. The Morgan fingerprint density at radius 2 is 2.08 bits per heavy atom. The number of nitrogens with zero attached hydrogens (tertiary/aromatic N) is 1. The number of carbonyl (C=O) groups is 2. The van der Waals surface area contributed by atoms with Gasteiger partial charge in [-0.05, 0) is 38.5 Å². The van der Waals surface area contributed by atoms with Crippen molar-refractivity contribution in [2.75, 3.05) is 26.0 Å². The maximum atomic E-state index is 12.1. The van der Waals surface area contributed by atoms with Crippen molar-refractivity contribution in [1.82, 2.24) is 4.90 Å². The number of amides is 1. The number of hydrogen-bond donors (Lipinski definition) is 0. The second-order valence-corrected chi connectivity index (χ2v) is 7.83. The Hall–Kier alpha value is -0.750. The molecule has 2 unspecified atom stereocenters. The van der Waals surface area contributed by atoms with Gasteiger partial charge in [0.25, 0.3) is 0 Å². The summed E-state index contributed by atoms with van der Waals surface area (Å²) in [5, 5.41) is 0.335. The summed E-state index contributed by atoms with van der Waals surface area (Å²) >= 11 is 1.78. The van der Waals surface area contributed by atoms with E-state index in [1.807, 2.05) is 0 Å². The lowest BCUT2D eigenvalue weighted by atomic mass is 10.1. The minimum absolute atomic E-state index is 0.122. The highest BCUT2D eigenvalue weighted by atomic mass is 32.2. The van der Waals surface area contributed by atoms with Gasteiger partial charge in [0.2, 0.25) is 5.91 Å². The maximum absolute atomic E-state index is 12.1. The van der Waals surface area contributed by atoms with Gasteiger partial charge in [-0.2, -0.15) is 0 Å². The van der Waals surface area contributed by atoms with E-state index in [9.17, 15) is 9.59 Å². The smallest absolute Gasteiger partial charge is 0.305 e. The minimum Gasteiger partial charge on any atom is -0.469 e. The number of hydrogen-bond acceptors (Lipinski definition) is 5. The third-order valence-electron chi connectivity index (χ3n) is 4.84. The Kier molecular flexibility index (Phi) is 8.95. The van der Waals surface area contributed by atoms with Crippen LogP contribution >= 0.6 is 11.8 Å². The van der Waals surface area contributed by atoms with Gasteiger partial charge in [0.1, 0.15) is 0 Å². The SMILES string of the molecule is COC(=O)CCCCCCC1SCC(=O)N1CCC1CCCCO1. The van der Waals surface area contributed by atoms with Gasteiger partial charge in [0, 0.05) is 19.6 Å². The molecule has 0 radical (unpaired) electrons. The molecule has 1 amide bonds. The van der Waals surface area contributed by atoms with Crippen LogP contribution in [0.3, 0.4) is 0 Å². The zero-order chi connectivity index (χ0) is 17.2. The first kappa shape index (κ1) is 19.6. The molecule has 6 heteroatoms. The molecule has 0 aromatic heterocycles. The summed E-state index contributed by atoms with van der Waals surface area (Å²) in [6.45, 7) is 1.71. The van der Waals surface area contributed by atoms with E-state index in [4.69, 9.17) is 4.74 Å². The largest absolute Gasteiger partial charge is 0.469 e. The molecule has 138 valence electrons. The van der Waals surface area contributed by atoms with Crippen molar-refractivity contribution in [1.29, 1.82) is 0 Å². The van der Waals surface area contributed by atoms with Crippen molar-refractivity contribution in [3.8, 4) is 0 Å². The lowest BCUT2D eigenvalue weighted by Gasteiger charge is -2.28. The van der Waals surface area contributed by atoms with Crippen LogP contribution in [0.2, 0.25) is 0 Å². The van der Waals surface area contributed by atoms with Gasteiger partial charge in [0.15, 0.2) is 0 Å². The van der Waals surface area contributed by atoms with Crippen LogP contribution in [0, 0.1) is 0 Å². The van der Waals surface area contributed by atoms with E-state index in [1.54, 1.807) is 11.8 Å². The Labute approximate surface area is 149 Å². The van der Waals surface area contributed by atoms with E-state index >= 15 is 0 Å². The predicted octanol–water partition coefficient (Wildman–Crippen LogP) is 3.36. The van der Waals surface area contributed by atoms with Crippen molar-refractivity contribution >= 4 is 23.6 Å². The molecule has 0 aromatic rings. The highest BCUT2D eigenvalue weighted by molar-refractivity contribution is 8.00. The number of rotatable bonds is 10. The first-order valence-electron chi connectivity index (χ1n) is 9.30. The van der Waals surface area contributed by atoms with Gasteiger partial charge in [-0.15, -0.1) is 11.8 Å². The zero-order valence-electron chi connectivity index (χ0n) is 14.8. The van der Waals surface area contributed by atoms with Crippen LogP contribution in [0.4, 0.5) is 0 Å². The number of methoxy groups -OCH3 is 1. The molecule has 0 aliphatic carbocycles. The van der Waals surface area contributed by atoms with Crippen LogP contribution in [0.25, 0.3) is 0 Å². The number of carbonyl (C=O) groups excluding carboxylic acids is 2. The summed E-state index contributed by atoms with van der Waals surface area (Å²) in [4.78, 5) is 25.2. The van der Waals surface area contributed by atoms with E-state index in [0.29, 0.717) is 23.7 Å². The van der Waals surface area contributed by atoms with E-state index in [1.165, 1.54) is 20.0 Å². The second kappa shape index (κ2) is 11.0. The second-order valence-electron chi connectivity index (χ2n) is 6.66. The summed E-state index contributed by atoms with van der Waals surface area (Å²) in [5.41, 5.74) is 0. The van der Waals surface area contributed by atoms with Crippen molar-refractivity contribution in [2.24, 2.45) is 0 Å². The molecule has 2 aliphatic heterocycles. The fourth-order valence-corrected chi connectivity index (χ4v) is 4.61. The molecule has 2 rings (SSSR count). The van der Waals surface area contributed by atoms with Gasteiger partial charge in [-0.3, -0.25) is 9.59 Å². The standard InChI is InChI=1S/C18H31NO4S/c1-22-18(21)10-5-3-2-4-9-17-19(16(20)14-24-17)12-11-15-8-6-7-13-23-15/h15,17H,2-14H2,1H3. The first-order chi connectivity index (χ1) is 11.7. The monoisotopic (exact) mass is 357 g/mol. The maximum Gasteiger partial charge on any atom is 0.305 e. The van der Waals surface area contributed by atoms with Gasteiger partial charge < -0.3 is 14.4 Å². The molecule has 2 saturated heterocycles. The van der Waals surface area contributed by atoms with E-state index < -0.39 is 0 Å². The summed E-state index contributed by atoms with van der Waals surface area (Å²) in [6.07, 6.45) is 10.6. The van der Waals surface area contributed by atoms with Crippen molar-refractivity contribution in [2.45, 2.75) is 75.7 Å². The highest BCUT2D eigenvalue weighted by Crippen LogP contribution is 2.30. The summed E-state index contributed by atoms with van der Waals surface area (Å²) in [5.74, 6) is 0.785. The van der Waals surface area contributed by atoms with Crippen LogP contribution < -0.4 is 0 Å². The van der Waals surface area contributed by atoms with Crippen LogP contribution in [0.5, 0.6) is 0 Å². The van der Waals surface area contributed by atoms with Crippen LogP contribution in [0.15, 0.2) is 0 Å². The molecule has 2 aliphatic rings. The van der Waals surface area contributed by atoms with Crippen LogP contribution in [0.1, 0.15) is 64.2 Å². The minimum atomic E-state index is -0.122. The molecule has 5 nitrogen and oxygen atoms in total. The molecule has 2 atom stereocenters. The Bertz CT molecular complexity index is 398. The van der Waals surface area contributed by atoms with Gasteiger partial charge in [-0.1, -0.05) is 19.3 Å². The lowest BCUT2D eigenvalue weighted by molar-refractivity contribution is -0.140. The summed E-state index contributed by atoms with van der Waals surface area (Å²) in [6, 6.07) is 0. The highest BCUT2D eigenvalue weighted by Gasteiger charge is 2.31. The third-order valence-corrected chi connectivity index (χ3v) is 6.13. The Morgan fingerprint density at radius 3 is 2.83 bits per heavy atom. The molecule has 2 heterocycles. The molecule has 0 aromatic carbocycles. The molecule has 0 bridgehead atoms. The topological polar surface area (TPSA) is 55.8 Å². The molecule has 2 fully saturated rings. The molecular weight excluding hydrogens is 326 g/mol. The molecule has 0 spiro atoms. The predicted molar refractivity (Wildman–Crippen MR) is 95.9 cm³/mol. The van der Waals surface area contributed by atoms with Crippen molar-refractivity contribution < 1.29 is 19.1 Å². The van der Waals surface area contributed by atoms with E-state index in [-0.39, 0.29) is 11.9 Å². The Balaban J connectivity index is 1.60. The molecule has 0 saturated carbocycles. The normalized spacial score (nSPS) is 24.4. The summed E-state index contributed by atoms with van der Waals surface area (Å²) < 4.78 is 10.4. The molecule has 0 N–H and O–H groups in total. The summed E-state index contributed by atoms with van der Waals surface area (Å²) in [7, 11) is 1.43. The van der Waals surface area contributed by atoms with Crippen LogP contribution in [-0.2, 0) is 19.1 Å². The quantitative estimate of drug-likeness (QED) is 0.443. The van der Waals surface area contributed by atoms with Crippen molar-refractivity contribution in [3.05, 3.63) is 0 Å². The number of esters is 1. The number of thioether (sulfide) groups is 1. The Morgan fingerprint density at radius 1 is 1.25 bits per heavy atom. The fourth-order valence-electron chi connectivity index (χ4n) is 3.37. The van der Waals surface area contributed by atoms with Gasteiger partial charge in [0.05, 0.1) is 24.3 Å². The average molecular weight is 358 g/mol. The van der Waals surface area contributed by atoms with Gasteiger partial charge >= 0.3 is 5.97 Å². The molecule has 24 heavy (non-hydrogen) atoms. The fraction of sp³-hybridized carbons (Fsp3) is 0.889. The molecular formula is C18H31NO4S.